The minimum atomic E-state index is -0.947. The normalized spacial score (nSPS) is 12.9. The number of methoxy groups -OCH3 is 1. The molecule has 1 atom stereocenters. The van der Waals surface area contributed by atoms with Crippen LogP contribution in [0.1, 0.15) is 32.4 Å². The smallest absolute Gasteiger partial charge is 0.313 e. The van der Waals surface area contributed by atoms with E-state index in [4.69, 9.17) is 15.2 Å². The molecule has 0 spiro atoms. The molecular weight excluding hydrogens is 246 g/mol. The van der Waals surface area contributed by atoms with Crippen molar-refractivity contribution < 1.29 is 19.4 Å². The Morgan fingerprint density at radius 1 is 1.47 bits per heavy atom. The van der Waals surface area contributed by atoms with Crippen molar-refractivity contribution in [1.82, 2.24) is 0 Å². The predicted molar refractivity (Wildman–Crippen MR) is 72.0 cm³/mol. The van der Waals surface area contributed by atoms with E-state index >= 15 is 0 Å². The number of nitrogens with two attached hydrogens (primary N) is 1. The summed E-state index contributed by atoms with van der Waals surface area (Å²) in [6, 6.07) is 4.36. The van der Waals surface area contributed by atoms with E-state index in [1.54, 1.807) is 32.0 Å². The Morgan fingerprint density at radius 3 is 2.63 bits per heavy atom. The number of ether oxygens (including phenoxy) is 2. The zero-order chi connectivity index (χ0) is 14.6. The number of carbonyl (C=O) groups excluding carboxylic acids is 1. The van der Waals surface area contributed by atoms with Crippen LogP contribution in [0.3, 0.4) is 0 Å². The molecule has 1 aromatic carbocycles. The van der Waals surface area contributed by atoms with Crippen LogP contribution in [-0.4, -0.2) is 24.8 Å². The summed E-state index contributed by atoms with van der Waals surface area (Å²) in [5.41, 5.74) is 5.61. The van der Waals surface area contributed by atoms with Crippen LogP contribution in [0.15, 0.2) is 18.2 Å². The minimum absolute atomic E-state index is 0.0335. The third-order valence-corrected chi connectivity index (χ3v) is 3.15. The molecule has 0 unspecified atom stereocenters. The Hall–Kier alpha value is -1.75. The lowest BCUT2D eigenvalue weighted by Crippen LogP contribution is -2.37. The number of aromatic hydroxyl groups is 1. The highest BCUT2D eigenvalue weighted by Gasteiger charge is 2.38. The van der Waals surface area contributed by atoms with Crippen molar-refractivity contribution in [2.45, 2.75) is 26.8 Å². The third kappa shape index (κ3) is 2.98. The summed E-state index contributed by atoms with van der Waals surface area (Å²) in [6.07, 6.45) is 0. The summed E-state index contributed by atoms with van der Waals surface area (Å²) in [5.74, 6) is -0.105. The Bertz CT molecular complexity index is 457. The van der Waals surface area contributed by atoms with Crippen LogP contribution in [0.5, 0.6) is 11.5 Å². The summed E-state index contributed by atoms with van der Waals surface area (Å²) in [6.45, 7) is 5.61. The van der Waals surface area contributed by atoms with E-state index in [1.165, 1.54) is 7.11 Å². The molecule has 0 fully saturated rings. The van der Waals surface area contributed by atoms with Crippen molar-refractivity contribution in [3.05, 3.63) is 23.8 Å². The standard InChI is InChI=1S/C14H21NO4/c1-5-19-10-8-6-7-9(11(10)16)12(15)14(2,3)13(17)18-4/h6-8,12,16H,5,15H2,1-4H3/t12-/m0/s1. The fraction of sp³-hybridized carbons (Fsp3) is 0.500. The fourth-order valence-electron chi connectivity index (χ4n) is 1.84. The Kier molecular flexibility index (Phi) is 4.78. The van der Waals surface area contributed by atoms with E-state index in [0.717, 1.165) is 0 Å². The molecule has 1 rings (SSSR count). The summed E-state index contributed by atoms with van der Waals surface area (Å²) in [5, 5.41) is 10.2. The number of para-hydroxylation sites is 1. The minimum Gasteiger partial charge on any atom is -0.504 e. The van der Waals surface area contributed by atoms with Crippen LogP contribution >= 0.6 is 0 Å². The number of hydrogen-bond donors (Lipinski definition) is 2. The van der Waals surface area contributed by atoms with Gasteiger partial charge in [0.2, 0.25) is 0 Å². The second kappa shape index (κ2) is 5.93. The van der Waals surface area contributed by atoms with Crippen LogP contribution in [-0.2, 0) is 9.53 Å². The molecule has 0 aliphatic heterocycles. The largest absolute Gasteiger partial charge is 0.504 e. The number of carbonyl (C=O) groups is 1. The lowest BCUT2D eigenvalue weighted by Gasteiger charge is -2.29. The maximum Gasteiger partial charge on any atom is 0.313 e. The van der Waals surface area contributed by atoms with Gasteiger partial charge in [0.05, 0.1) is 19.1 Å². The zero-order valence-electron chi connectivity index (χ0n) is 11.8. The second-order valence-corrected chi connectivity index (χ2v) is 4.82. The molecule has 0 saturated carbocycles. The van der Waals surface area contributed by atoms with Gasteiger partial charge in [0.15, 0.2) is 11.5 Å². The zero-order valence-corrected chi connectivity index (χ0v) is 11.8. The molecule has 0 radical (unpaired) electrons. The molecule has 0 heterocycles. The van der Waals surface area contributed by atoms with Crippen LogP contribution in [0, 0.1) is 5.41 Å². The topological polar surface area (TPSA) is 81.8 Å². The van der Waals surface area contributed by atoms with Gasteiger partial charge in [0, 0.05) is 11.6 Å². The van der Waals surface area contributed by atoms with Crippen molar-refractivity contribution in [2.75, 3.05) is 13.7 Å². The Morgan fingerprint density at radius 2 is 2.11 bits per heavy atom. The first-order chi connectivity index (χ1) is 8.86. The number of rotatable bonds is 5. The molecule has 0 aliphatic carbocycles. The molecule has 106 valence electrons. The van der Waals surface area contributed by atoms with Gasteiger partial charge in [-0.3, -0.25) is 4.79 Å². The highest BCUT2D eigenvalue weighted by Crippen LogP contribution is 2.40. The molecule has 0 amide bonds. The molecule has 1 aromatic rings. The summed E-state index contributed by atoms with van der Waals surface area (Å²) in [7, 11) is 1.31. The average molecular weight is 267 g/mol. The number of phenols is 1. The van der Waals surface area contributed by atoms with Crippen molar-refractivity contribution in [2.24, 2.45) is 11.1 Å². The summed E-state index contributed by atoms with van der Waals surface area (Å²) < 4.78 is 10.0. The first-order valence-corrected chi connectivity index (χ1v) is 6.14. The van der Waals surface area contributed by atoms with E-state index in [2.05, 4.69) is 0 Å². The van der Waals surface area contributed by atoms with E-state index in [9.17, 15) is 9.90 Å². The van der Waals surface area contributed by atoms with Gasteiger partial charge in [-0.15, -0.1) is 0 Å². The molecule has 5 nitrogen and oxygen atoms in total. The maximum atomic E-state index is 11.8. The van der Waals surface area contributed by atoms with Crippen LogP contribution in [0.4, 0.5) is 0 Å². The molecule has 3 N–H and O–H groups in total. The van der Waals surface area contributed by atoms with Crippen LogP contribution in [0.25, 0.3) is 0 Å². The SMILES string of the molecule is CCOc1cccc([C@H](N)C(C)(C)C(=O)OC)c1O. The van der Waals surface area contributed by atoms with Gasteiger partial charge in [-0.1, -0.05) is 12.1 Å². The van der Waals surface area contributed by atoms with Gasteiger partial charge in [0.1, 0.15) is 0 Å². The highest BCUT2D eigenvalue weighted by atomic mass is 16.5. The average Bonchev–Trinajstić information content (AvgIpc) is 2.39. The first-order valence-electron chi connectivity index (χ1n) is 6.14. The van der Waals surface area contributed by atoms with E-state index in [1.807, 2.05) is 6.92 Å². The van der Waals surface area contributed by atoms with Gasteiger partial charge in [-0.05, 0) is 26.8 Å². The predicted octanol–water partition coefficient (Wildman–Crippen LogP) is 1.99. The molecule has 0 saturated heterocycles. The Labute approximate surface area is 113 Å². The molecular formula is C14H21NO4. The van der Waals surface area contributed by atoms with Crippen molar-refractivity contribution in [3.8, 4) is 11.5 Å². The van der Waals surface area contributed by atoms with Gasteiger partial charge in [-0.25, -0.2) is 0 Å². The third-order valence-electron chi connectivity index (χ3n) is 3.15. The van der Waals surface area contributed by atoms with Crippen LogP contribution in [0.2, 0.25) is 0 Å². The summed E-state index contributed by atoms with van der Waals surface area (Å²) in [4.78, 5) is 11.8. The van der Waals surface area contributed by atoms with E-state index in [-0.39, 0.29) is 5.75 Å². The van der Waals surface area contributed by atoms with Crippen LogP contribution < -0.4 is 10.5 Å². The molecule has 0 aromatic heterocycles. The lowest BCUT2D eigenvalue weighted by atomic mass is 9.80. The van der Waals surface area contributed by atoms with Crippen molar-refractivity contribution >= 4 is 5.97 Å². The van der Waals surface area contributed by atoms with Gasteiger partial charge >= 0.3 is 5.97 Å². The van der Waals surface area contributed by atoms with Gasteiger partial charge in [0.25, 0.3) is 0 Å². The number of phenolic OH excluding ortho intramolecular Hbond substituents is 1. The lowest BCUT2D eigenvalue weighted by molar-refractivity contribution is -0.152. The van der Waals surface area contributed by atoms with E-state index < -0.39 is 17.4 Å². The fourth-order valence-corrected chi connectivity index (χ4v) is 1.84. The van der Waals surface area contributed by atoms with Gasteiger partial charge < -0.3 is 20.3 Å². The molecule has 0 aliphatic rings. The highest BCUT2D eigenvalue weighted by molar-refractivity contribution is 5.77. The number of hydrogen-bond acceptors (Lipinski definition) is 5. The number of benzene rings is 1. The van der Waals surface area contributed by atoms with E-state index in [0.29, 0.717) is 17.9 Å². The Balaban J connectivity index is 3.16. The van der Waals surface area contributed by atoms with Gasteiger partial charge in [-0.2, -0.15) is 0 Å². The monoisotopic (exact) mass is 267 g/mol. The first kappa shape index (κ1) is 15.3. The quantitative estimate of drug-likeness (QED) is 0.797. The van der Waals surface area contributed by atoms with Crippen molar-refractivity contribution in [3.63, 3.8) is 0 Å². The van der Waals surface area contributed by atoms with Crippen molar-refractivity contribution in [1.29, 1.82) is 0 Å². The number of esters is 1. The molecule has 19 heavy (non-hydrogen) atoms. The second-order valence-electron chi connectivity index (χ2n) is 4.82. The molecule has 5 heteroatoms. The molecule has 0 bridgehead atoms. The maximum absolute atomic E-state index is 11.8. The summed E-state index contributed by atoms with van der Waals surface area (Å²) >= 11 is 0.